The van der Waals surface area contributed by atoms with Crippen molar-refractivity contribution in [2.45, 2.75) is 49.9 Å². The second-order valence-electron chi connectivity index (χ2n) is 8.30. The van der Waals surface area contributed by atoms with Crippen LogP contribution in [0.2, 0.25) is 0 Å². The van der Waals surface area contributed by atoms with E-state index in [2.05, 4.69) is 33.6 Å². The van der Waals surface area contributed by atoms with E-state index in [4.69, 9.17) is 22.9 Å². The van der Waals surface area contributed by atoms with Crippen molar-refractivity contribution in [3.8, 4) is 5.75 Å². The zero-order chi connectivity index (χ0) is 28.8. The lowest BCUT2D eigenvalue weighted by Crippen LogP contribution is -2.58. The van der Waals surface area contributed by atoms with E-state index in [-0.39, 0.29) is 43.3 Å². The second-order valence-corrected chi connectivity index (χ2v) is 8.67. The maximum Gasteiger partial charge on any atom is 0.326 e. The number of carbonyl (C=O) groups is 5. The summed E-state index contributed by atoms with van der Waals surface area (Å²) in [6.07, 6.45) is -0.243. The molecule has 210 valence electrons. The zero-order valence-electron chi connectivity index (χ0n) is 20.5. The molecular formula is C22H34N8O7S. The highest BCUT2D eigenvalue weighted by atomic mass is 32.1. The number of nitrogens with zero attached hydrogens (tertiary/aromatic N) is 1. The van der Waals surface area contributed by atoms with Gasteiger partial charge in [0.25, 0.3) is 0 Å². The van der Waals surface area contributed by atoms with Crippen LogP contribution in [0, 0.1) is 0 Å². The summed E-state index contributed by atoms with van der Waals surface area (Å²) in [5.41, 5.74) is 21.8. The van der Waals surface area contributed by atoms with E-state index in [9.17, 15) is 34.2 Å². The zero-order valence-corrected chi connectivity index (χ0v) is 21.4. The van der Waals surface area contributed by atoms with E-state index in [1.165, 1.54) is 24.3 Å². The Morgan fingerprint density at radius 3 is 1.97 bits per heavy atom. The molecule has 1 aromatic rings. The number of nitrogens with two attached hydrogens (primary N) is 4. The molecule has 0 aliphatic carbocycles. The quantitative estimate of drug-likeness (QED) is 0.0419. The lowest BCUT2D eigenvalue weighted by Gasteiger charge is -2.24. The summed E-state index contributed by atoms with van der Waals surface area (Å²) in [5.74, 6) is -4.91. The molecule has 0 aliphatic rings. The van der Waals surface area contributed by atoms with Crippen LogP contribution in [0.4, 0.5) is 0 Å². The van der Waals surface area contributed by atoms with Crippen molar-refractivity contribution in [2.75, 3.05) is 12.3 Å². The Kier molecular flexibility index (Phi) is 13.4. The number of hydrogen-bond donors (Lipinski definition) is 10. The fraction of sp³-hybridized carbons (Fsp3) is 0.455. The van der Waals surface area contributed by atoms with Gasteiger partial charge < -0.3 is 49.1 Å². The number of thiol groups is 1. The van der Waals surface area contributed by atoms with Gasteiger partial charge in [0, 0.05) is 18.7 Å². The van der Waals surface area contributed by atoms with Crippen molar-refractivity contribution in [3.63, 3.8) is 0 Å². The Bertz CT molecular complexity index is 1020. The molecule has 0 heterocycles. The van der Waals surface area contributed by atoms with Crippen LogP contribution in [0.5, 0.6) is 5.75 Å². The summed E-state index contributed by atoms with van der Waals surface area (Å²) in [5, 5.41) is 26.1. The van der Waals surface area contributed by atoms with Gasteiger partial charge in [0.1, 0.15) is 23.9 Å². The van der Waals surface area contributed by atoms with Gasteiger partial charge in [-0.3, -0.25) is 24.2 Å². The predicted molar refractivity (Wildman–Crippen MR) is 141 cm³/mol. The molecule has 0 radical (unpaired) electrons. The van der Waals surface area contributed by atoms with E-state index in [0.717, 1.165) is 0 Å². The highest BCUT2D eigenvalue weighted by molar-refractivity contribution is 7.80. The second kappa shape index (κ2) is 15.9. The van der Waals surface area contributed by atoms with Gasteiger partial charge in [0.05, 0.1) is 12.5 Å². The Balaban J connectivity index is 2.93. The first-order valence-corrected chi connectivity index (χ1v) is 12.1. The highest BCUT2D eigenvalue weighted by Gasteiger charge is 2.30. The first kappa shape index (κ1) is 32.0. The lowest BCUT2D eigenvalue weighted by molar-refractivity contribution is -0.142. The van der Waals surface area contributed by atoms with Crippen LogP contribution in [-0.2, 0) is 30.4 Å². The molecule has 4 amide bonds. The fourth-order valence-electron chi connectivity index (χ4n) is 3.17. The minimum atomic E-state index is -1.34. The molecule has 16 heteroatoms. The third-order valence-corrected chi connectivity index (χ3v) is 5.51. The van der Waals surface area contributed by atoms with E-state index in [1.54, 1.807) is 0 Å². The number of aromatic hydroxyl groups is 1. The van der Waals surface area contributed by atoms with Crippen LogP contribution in [0.1, 0.15) is 24.8 Å². The number of rotatable bonds is 16. The van der Waals surface area contributed by atoms with Crippen LogP contribution >= 0.6 is 12.6 Å². The molecule has 0 fully saturated rings. The average Bonchev–Trinajstić information content (AvgIpc) is 2.84. The summed E-state index contributed by atoms with van der Waals surface area (Å²) in [4.78, 5) is 64.7. The third-order valence-electron chi connectivity index (χ3n) is 5.14. The summed E-state index contributed by atoms with van der Waals surface area (Å²) in [6, 6.07) is 0.672. The fourth-order valence-corrected chi connectivity index (χ4v) is 3.42. The molecule has 38 heavy (non-hydrogen) atoms. The van der Waals surface area contributed by atoms with Crippen molar-refractivity contribution in [1.82, 2.24) is 16.0 Å². The molecule has 0 saturated heterocycles. The Hall–Kier alpha value is -4.05. The van der Waals surface area contributed by atoms with Crippen molar-refractivity contribution >= 4 is 48.2 Å². The number of carboxylic acids is 1. The Morgan fingerprint density at radius 1 is 0.895 bits per heavy atom. The van der Waals surface area contributed by atoms with E-state index in [0.29, 0.717) is 5.56 Å². The monoisotopic (exact) mass is 554 g/mol. The van der Waals surface area contributed by atoms with Gasteiger partial charge in [-0.1, -0.05) is 12.1 Å². The number of benzene rings is 1. The summed E-state index contributed by atoms with van der Waals surface area (Å²) in [6.45, 7) is 0.142. The van der Waals surface area contributed by atoms with Gasteiger partial charge in [0.15, 0.2) is 5.96 Å². The topological polar surface area (TPSA) is 278 Å². The highest BCUT2D eigenvalue weighted by Crippen LogP contribution is 2.12. The SMILES string of the molecule is NC(=O)CC(N)C(=O)NC(CCCN=C(N)N)C(=O)NC(CS)C(=O)NC(Cc1ccc(O)cc1)C(=O)O. The molecule has 1 aromatic carbocycles. The largest absolute Gasteiger partial charge is 0.508 e. The molecule has 1 rings (SSSR count). The Morgan fingerprint density at radius 2 is 1.45 bits per heavy atom. The van der Waals surface area contributed by atoms with Gasteiger partial charge in [-0.05, 0) is 30.5 Å². The van der Waals surface area contributed by atoms with Crippen LogP contribution < -0.4 is 38.9 Å². The maximum absolute atomic E-state index is 13.0. The standard InChI is InChI=1S/C22H34N8O7S/c23-13(9-17(24)32)18(33)28-14(2-1-7-27-22(25)26)19(34)30-16(10-38)20(35)29-15(21(36)37)8-11-3-5-12(31)6-4-11/h3-6,13-16,31,38H,1-2,7-10,23H2,(H2,24,32)(H,28,33)(H,29,35)(H,30,34)(H,36,37)(H4,25,26,27). The summed E-state index contributed by atoms with van der Waals surface area (Å²) in [7, 11) is 0. The number of phenolic OH excluding ortho intramolecular Hbond substituents is 1. The Labute approximate surface area is 224 Å². The van der Waals surface area contributed by atoms with Gasteiger partial charge >= 0.3 is 5.97 Å². The third kappa shape index (κ3) is 11.8. The van der Waals surface area contributed by atoms with E-state index in [1.807, 2.05) is 0 Å². The van der Waals surface area contributed by atoms with Crippen molar-refractivity contribution < 1.29 is 34.2 Å². The van der Waals surface area contributed by atoms with Gasteiger partial charge in [-0.2, -0.15) is 12.6 Å². The molecule has 0 spiro atoms. The van der Waals surface area contributed by atoms with Crippen molar-refractivity contribution in [1.29, 1.82) is 0 Å². The van der Waals surface area contributed by atoms with Crippen LogP contribution in [0.3, 0.4) is 0 Å². The minimum absolute atomic E-state index is 0.00182. The molecule has 0 saturated carbocycles. The number of carboxylic acid groups (broad SMARTS) is 1. The van der Waals surface area contributed by atoms with Gasteiger partial charge in [-0.25, -0.2) is 4.79 Å². The number of guanidine groups is 1. The number of hydrogen-bond acceptors (Lipinski definition) is 9. The number of amides is 4. The predicted octanol–water partition coefficient (Wildman–Crippen LogP) is -3.34. The van der Waals surface area contributed by atoms with E-state index < -0.39 is 60.2 Å². The number of aliphatic imine (C=N–C) groups is 1. The molecule has 0 aliphatic heterocycles. The first-order valence-electron chi connectivity index (χ1n) is 11.5. The first-order chi connectivity index (χ1) is 17.8. The lowest BCUT2D eigenvalue weighted by atomic mass is 10.1. The molecule has 0 aromatic heterocycles. The molecule has 15 nitrogen and oxygen atoms in total. The molecule has 4 atom stereocenters. The normalized spacial score (nSPS) is 13.7. The number of nitrogens with one attached hydrogen (secondary N) is 3. The molecule has 4 unspecified atom stereocenters. The van der Waals surface area contributed by atoms with E-state index >= 15 is 0 Å². The average molecular weight is 555 g/mol. The van der Waals surface area contributed by atoms with Crippen molar-refractivity contribution in [3.05, 3.63) is 29.8 Å². The number of carbonyl (C=O) groups excluding carboxylic acids is 4. The maximum atomic E-state index is 13.0. The number of aliphatic carboxylic acids is 1. The van der Waals surface area contributed by atoms with Crippen LogP contribution in [0.15, 0.2) is 29.3 Å². The molecular weight excluding hydrogens is 520 g/mol. The number of primary amides is 1. The van der Waals surface area contributed by atoms with Gasteiger partial charge in [-0.15, -0.1) is 0 Å². The number of phenols is 1. The minimum Gasteiger partial charge on any atom is -0.508 e. The summed E-state index contributed by atoms with van der Waals surface area (Å²) >= 11 is 4.08. The smallest absolute Gasteiger partial charge is 0.326 e. The molecule has 0 bridgehead atoms. The summed E-state index contributed by atoms with van der Waals surface area (Å²) < 4.78 is 0. The van der Waals surface area contributed by atoms with Crippen molar-refractivity contribution in [2.24, 2.45) is 27.9 Å². The van der Waals surface area contributed by atoms with Crippen LogP contribution in [-0.4, -0.2) is 82.2 Å². The van der Waals surface area contributed by atoms with Crippen LogP contribution in [0.25, 0.3) is 0 Å². The van der Waals surface area contributed by atoms with Gasteiger partial charge in [0.2, 0.25) is 23.6 Å². The molecule has 13 N–H and O–H groups in total.